The van der Waals surface area contributed by atoms with Gasteiger partial charge in [-0.3, -0.25) is 4.79 Å². The summed E-state index contributed by atoms with van der Waals surface area (Å²) in [5.74, 6) is -0.263. The van der Waals surface area contributed by atoms with Crippen LogP contribution >= 0.6 is 0 Å². The third-order valence-corrected chi connectivity index (χ3v) is 6.59. The Kier molecular flexibility index (Phi) is 5.92. The van der Waals surface area contributed by atoms with Gasteiger partial charge in [0.05, 0.1) is 18.6 Å². The molecule has 6 nitrogen and oxygen atoms in total. The summed E-state index contributed by atoms with van der Waals surface area (Å²) in [5, 5.41) is 9.70. The van der Waals surface area contributed by atoms with E-state index in [0.717, 1.165) is 0 Å². The summed E-state index contributed by atoms with van der Waals surface area (Å²) in [7, 11) is -2.66. The quantitative estimate of drug-likeness (QED) is 0.760. The van der Waals surface area contributed by atoms with Crippen LogP contribution in [0.25, 0.3) is 0 Å². The monoisotopic (exact) mass is 378 g/mol. The molecule has 0 aliphatic carbocycles. The fraction of sp³-hybridized carbons (Fsp3) is 0.316. The molecule has 0 aliphatic rings. The largest absolute Gasteiger partial charge is 0.497 e. The lowest BCUT2D eigenvalue weighted by molar-refractivity contribution is -0.139. The van der Waals surface area contributed by atoms with Gasteiger partial charge in [0.15, 0.2) is 14.6 Å². The predicted molar refractivity (Wildman–Crippen MR) is 97.5 cm³/mol. The van der Waals surface area contributed by atoms with E-state index in [-0.39, 0.29) is 11.3 Å². The Hall–Kier alpha value is -2.54. The minimum absolute atomic E-state index is 0.0610. The fourth-order valence-corrected chi connectivity index (χ4v) is 4.16. The smallest absolute Gasteiger partial charge is 0.325 e. The zero-order valence-electron chi connectivity index (χ0n) is 14.9. The van der Waals surface area contributed by atoms with E-state index in [4.69, 9.17) is 9.47 Å². The van der Waals surface area contributed by atoms with Gasteiger partial charge < -0.3 is 14.6 Å². The van der Waals surface area contributed by atoms with E-state index < -0.39 is 20.6 Å². The molecule has 1 N–H and O–H groups in total. The molecule has 2 aromatic rings. The molecule has 0 fully saturated rings. The van der Waals surface area contributed by atoms with Gasteiger partial charge >= 0.3 is 5.97 Å². The van der Waals surface area contributed by atoms with E-state index in [1.807, 2.05) is 6.92 Å². The molecule has 0 aliphatic heterocycles. The molecule has 0 amide bonds. The van der Waals surface area contributed by atoms with E-state index in [1.165, 1.54) is 38.3 Å². The second-order valence-corrected chi connectivity index (χ2v) is 8.35. The number of methoxy groups -OCH3 is 1. The number of hydrogen-bond donors (Lipinski definition) is 1. The predicted octanol–water partition coefficient (Wildman–Crippen LogP) is 2.95. The van der Waals surface area contributed by atoms with Crippen LogP contribution in [0.15, 0.2) is 53.4 Å². The lowest BCUT2D eigenvalue weighted by Gasteiger charge is -2.25. The lowest BCUT2D eigenvalue weighted by atomic mass is 10.0. The van der Waals surface area contributed by atoms with Gasteiger partial charge in [-0.2, -0.15) is 0 Å². The van der Waals surface area contributed by atoms with Gasteiger partial charge in [-0.25, -0.2) is 8.42 Å². The zero-order chi connectivity index (χ0) is 19.4. The summed E-state index contributed by atoms with van der Waals surface area (Å²) in [6.45, 7) is 3.60. The molecule has 7 heteroatoms. The standard InChI is InChI=1S/C19H22O6S/c1-4-25-16-7-5-14(6-8-16)13-19(2,18(20)21)26(22,23)17-11-9-15(24-3)10-12-17/h5-12H,4,13H2,1-3H3,(H,20,21). The van der Waals surface area contributed by atoms with Gasteiger partial charge in [-0.1, -0.05) is 12.1 Å². The molecule has 0 saturated carbocycles. The molecule has 2 rings (SSSR count). The summed E-state index contributed by atoms with van der Waals surface area (Å²) in [5.41, 5.74) is 0.593. The van der Waals surface area contributed by atoms with Crippen LogP contribution in [0.3, 0.4) is 0 Å². The highest BCUT2D eigenvalue weighted by atomic mass is 32.2. The Bertz CT molecular complexity index is 856. The summed E-state index contributed by atoms with van der Waals surface area (Å²) < 4.78 is 34.4. The number of ether oxygens (including phenoxy) is 2. The Morgan fingerprint density at radius 3 is 2.04 bits per heavy atom. The Balaban J connectivity index is 2.39. The molecule has 2 aromatic carbocycles. The second kappa shape index (κ2) is 7.78. The normalized spacial score (nSPS) is 13.7. The molecular weight excluding hydrogens is 356 g/mol. The number of carboxylic acids is 1. The molecule has 0 radical (unpaired) electrons. The third kappa shape index (κ3) is 3.83. The Morgan fingerprint density at radius 1 is 1.04 bits per heavy atom. The third-order valence-electron chi connectivity index (χ3n) is 4.19. The van der Waals surface area contributed by atoms with Gasteiger partial charge in [-0.05, 0) is 55.8 Å². The molecule has 26 heavy (non-hydrogen) atoms. The summed E-state index contributed by atoms with van der Waals surface area (Å²) in [4.78, 5) is 11.8. The van der Waals surface area contributed by atoms with E-state index in [1.54, 1.807) is 24.3 Å². The van der Waals surface area contributed by atoms with Gasteiger partial charge in [0.1, 0.15) is 11.5 Å². The van der Waals surface area contributed by atoms with Crippen molar-refractivity contribution in [1.29, 1.82) is 0 Å². The van der Waals surface area contributed by atoms with Crippen LogP contribution in [0.4, 0.5) is 0 Å². The van der Waals surface area contributed by atoms with Gasteiger partial charge in [0, 0.05) is 6.42 Å². The molecule has 1 unspecified atom stereocenters. The number of rotatable bonds is 8. The highest BCUT2D eigenvalue weighted by Crippen LogP contribution is 2.31. The molecule has 1 atom stereocenters. The van der Waals surface area contributed by atoms with Crippen molar-refractivity contribution in [2.24, 2.45) is 0 Å². The number of sulfone groups is 1. The average Bonchev–Trinajstić information content (AvgIpc) is 2.63. The van der Waals surface area contributed by atoms with Crippen LogP contribution in [0.5, 0.6) is 11.5 Å². The van der Waals surface area contributed by atoms with Gasteiger partial charge in [-0.15, -0.1) is 0 Å². The summed E-state index contributed by atoms with van der Waals surface area (Å²) in [6, 6.07) is 12.4. The minimum Gasteiger partial charge on any atom is -0.497 e. The van der Waals surface area contributed by atoms with Crippen molar-refractivity contribution in [2.45, 2.75) is 29.9 Å². The molecule has 0 bridgehead atoms. The minimum atomic E-state index is -4.13. The summed E-state index contributed by atoms with van der Waals surface area (Å²) in [6.07, 6.45) is -0.164. The first-order valence-corrected chi connectivity index (χ1v) is 9.56. The molecule has 0 saturated heterocycles. The maximum absolute atomic E-state index is 13.0. The van der Waals surface area contributed by atoms with Crippen molar-refractivity contribution in [3.63, 3.8) is 0 Å². The highest BCUT2D eigenvalue weighted by molar-refractivity contribution is 7.93. The maximum Gasteiger partial charge on any atom is 0.325 e. The second-order valence-electron chi connectivity index (χ2n) is 5.97. The number of carboxylic acid groups (broad SMARTS) is 1. The number of carbonyl (C=O) groups is 1. The Morgan fingerprint density at radius 2 is 1.58 bits per heavy atom. The van der Waals surface area contributed by atoms with Crippen LogP contribution in [0, 0.1) is 0 Å². The SMILES string of the molecule is CCOc1ccc(CC(C)(C(=O)O)S(=O)(=O)c2ccc(OC)cc2)cc1. The summed E-state index contributed by atoms with van der Waals surface area (Å²) >= 11 is 0. The van der Waals surface area contributed by atoms with Crippen LogP contribution in [0.1, 0.15) is 19.4 Å². The Labute approximate surface area is 153 Å². The van der Waals surface area contributed by atoms with Crippen LogP contribution in [-0.2, 0) is 21.1 Å². The van der Waals surface area contributed by atoms with Crippen molar-refractivity contribution in [2.75, 3.05) is 13.7 Å². The number of aliphatic carboxylic acids is 1. The van der Waals surface area contributed by atoms with E-state index >= 15 is 0 Å². The van der Waals surface area contributed by atoms with Gasteiger partial charge in [0.25, 0.3) is 0 Å². The molecule has 140 valence electrons. The van der Waals surface area contributed by atoms with Crippen molar-refractivity contribution < 1.29 is 27.8 Å². The van der Waals surface area contributed by atoms with Crippen LogP contribution < -0.4 is 9.47 Å². The van der Waals surface area contributed by atoms with Crippen molar-refractivity contribution >= 4 is 15.8 Å². The van der Waals surface area contributed by atoms with E-state index in [9.17, 15) is 18.3 Å². The average molecular weight is 378 g/mol. The zero-order valence-corrected chi connectivity index (χ0v) is 15.7. The number of benzene rings is 2. The van der Waals surface area contributed by atoms with E-state index in [0.29, 0.717) is 23.7 Å². The maximum atomic E-state index is 13.0. The van der Waals surface area contributed by atoms with Crippen molar-refractivity contribution in [1.82, 2.24) is 0 Å². The van der Waals surface area contributed by atoms with E-state index in [2.05, 4.69) is 0 Å². The molecule has 0 spiro atoms. The number of hydrogen-bond acceptors (Lipinski definition) is 5. The molecular formula is C19H22O6S. The first-order valence-electron chi connectivity index (χ1n) is 8.08. The first-order chi connectivity index (χ1) is 12.2. The lowest BCUT2D eigenvalue weighted by Crippen LogP contribution is -2.45. The molecule has 0 aromatic heterocycles. The van der Waals surface area contributed by atoms with Gasteiger partial charge in [0.2, 0.25) is 0 Å². The first kappa shape index (κ1) is 19.8. The highest BCUT2D eigenvalue weighted by Gasteiger charge is 2.47. The topological polar surface area (TPSA) is 89.9 Å². The molecule has 0 heterocycles. The van der Waals surface area contributed by atoms with Crippen molar-refractivity contribution in [3.8, 4) is 11.5 Å². The van der Waals surface area contributed by atoms with Crippen LogP contribution in [-0.4, -0.2) is 38.0 Å². The van der Waals surface area contributed by atoms with Crippen LogP contribution in [0.2, 0.25) is 0 Å². The van der Waals surface area contributed by atoms with Crippen molar-refractivity contribution in [3.05, 3.63) is 54.1 Å². The fourth-order valence-electron chi connectivity index (χ4n) is 2.56.